The maximum atomic E-state index is 13.3. The van der Waals surface area contributed by atoms with Gasteiger partial charge in [0.15, 0.2) is 16.1 Å². The first-order valence-electron chi connectivity index (χ1n) is 6.00. The molecule has 19 heavy (non-hydrogen) atoms. The lowest BCUT2D eigenvalue weighted by Crippen LogP contribution is -2.27. The van der Waals surface area contributed by atoms with Gasteiger partial charge in [-0.2, -0.15) is 5.10 Å². The van der Waals surface area contributed by atoms with Gasteiger partial charge < -0.3 is 0 Å². The molecule has 0 amide bonds. The zero-order valence-corrected chi connectivity index (χ0v) is 12.2. The Bertz CT molecular complexity index is 712. The summed E-state index contributed by atoms with van der Waals surface area (Å²) in [4.78, 5) is 0.235. The Morgan fingerprint density at radius 1 is 1.32 bits per heavy atom. The molecule has 6 heteroatoms. The third-order valence-electron chi connectivity index (χ3n) is 3.02. The van der Waals surface area contributed by atoms with Gasteiger partial charge in [0.05, 0.1) is 21.4 Å². The number of alkyl halides is 1. The van der Waals surface area contributed by atoms with Crippen LogP contribution < -0.4 is 0 Å². The molecule has 0 aliphatic rings. The average Bonchev–Trinajstić information content (AvgIpc) is 2.69. The zero-order chi connectivity index (χ0) is 14.4. The number of nitrogens with zero attached hydrogens (tertiary/aromatic N) is 2. The molecule has 0 aliphatic carbocycles. The quantitative estimate of drug-likeness (QED) is 0.851. The molecule has 0 N–H and O–H groups in total. The SMILES string of the molecule is CC(F)n1ncc2cc(S(=O)(=O)C(C)(C)C)ccc21. The number of sulfone groups is 1. The van der Waals surface area contributed by atoms with E-state index in [1.165, 1.54) is 23.9 Å². The summed E-state index contributed by atoms with van der Waals surface area (Å²) in [5.41, 5.74) is 0.586. The standard InChI is InChI=1S/C13H17FN2O2S/c1-9(14)16-12-6-5-11(7-10(12)8-15-16)19(17,18)13(2,3)4/h5-9H,1-4H3. The van der Waals surface area contributed by atoms with Crippen LogP contribution in [0.5, 0.6) is 0 Å². The molecule has 2 rings (SSSR count). The molecule has 1 aromatic heterocycles. The third kappa shape index (κ3) is 2.25. The van der Waals surface area contributed by atoms with Crippen molar-refractivity contribution >= 4 is 20.7 Å². The van der Waals surface area contributed by atoms with E-state index >= 15 is 0 Å². The van der Waals surface area contributed by atoms with Gasteiger partial charge in [0.25, 0.3) is 0 Å². The summed E-state index contributed by atoms with van der Waals surface area (Å²) in [5.74, 6) is 0. The van der Waals surface area contributed by atoms with E-state index in [1.807, 2.05) is 0 Å². The van der Waals surface area contributed by atoms with E-state index < -0.39 is 20.9 Å². The maximum Gasteiger partial charge on any atom is 0.189 e. The average molecular weight is 284 g/mol. The number of halogens is 1. The van der Waals surface area contributed by atoms with Crippen LogP contribution in [0.25, 0.3) is 10.9 Å². The minimum absolute atomic E-state index is 0.235. The summed E-state index contributed by atoms with van der Waals surface area (Å²) in [6, 6.07) is 4.64. The highest BCUT2D eigenvalue weighted by Gasteiger charge is 2.31. The molecule has 1 atom stereocenters. The van der Waals surface area contributed by atoms with Gasteiger partial charge in [-0.1, -0.05) is 0 Å². The Morgan fingerprint density at radius 3 is 2.47 bits per heavy atom. The lowest BCUT2D eigenvalue weighted by molar-refractivity contribution is 0.253. The number of hydrogen-bond acceptors (Lipinski definition) is 3. The van der Waals surface area contributed by atoms with Gasteiger partial charge in [-0.05, 0) is 45.9 Å². The second kappa shape index (κ2) is 4.30. The molecule has 0 bridgehead atoms. The van der Waals surface area contributed by atoms with Crippen molar-refractivity contribution in [2.75, 3.05) is 0 Å². The van der Waals surface area contributed by atoms with E-state index in [-0.39, 0.29) is 4.90 Å². The molecular weight excluding hydrogens is 267 g/mol. The van der Waals surface area contributed by atoms with Crippen molar-refractivity contribution in [3.63, 3.8) is 0 Å². The Balaban J connectivity index is 2.62. The van der Waals surface area contributed by atoms with Crippen LogP contribution in [0.1, 0.15) is 34.0 Å². The van der Waals surface area contributed by atoms with Crippen LogP contribution in [0.2, 0.25) is 0 Å². The van der Waals surface area contributed by atoms with Crippen LogP contribution in [-0.4, -0.2) is 22.9 Å². The molecule has 0 radical (unpaired) electrons. The van der Waals surface area contributed by atoms with Crippen molar-refractivity contribution in [1.82, 2.24) is 9.78 Å². The molecule has 0 saturated heterocycles. The number of benzene rings is 1. The fourth-order valence-electron chi connectivity index (χ4n) is 1.84. The van der Waals surface area contributed by atoms with Crippen molar-refractivity contribution in [2.24, 2.45) is 0 Å². The van der Waals surface area contributed by atoms with Gasteiger partial charge >= 0.3 is 0 Å². The van der Waals surface area contributed by atoms with Crippen molar-refractivity contribution in [1.29, 1.82) is 0 Å². The smallest absolute Gasteiger partial charge is 0.189 e. The number of fused-ring (bicyclic) bond motifs is 1. The summed E-state index contributed by atoms with van der Waals surface area (Å²) in [7, 11) is -3.41. The molecule has 1 heterocycles. The lowest BCUT2D eigenvalue weighted by Gasteiger charge is -2.19. The zero-order valence-electron chi connectivity index (χ0n) is 11.4. The fourth-order valence-corrected chi connectivity index (χ4v) is 3.07. The Hall–Kier alpha value is -1.43. The van der Waals surface area contributed by atoms with Crippen LogP contribution in [0.15, 0.2) is 29.3 Å². The first-order chi connectivity index (χ1) is 8.64. The highest BCUT2D eigenvalue weighted by atomic mass is 32.2. The molecule has 4 nitrogen and oxygen atoms in total. The monoisotopic (exact) mass is 284 g/mol. The van der Waals surface area contributed by atoms with Gasteiger partial charge in [0.2, 0.25) is 0 Å². The molecule has 1 aromatic carbocycles. The van der Waals surface area contributed by atoms with Crippen molar-refractivity contribution in [3.05, 3.63) is 24.4 Å². The number of rotatable bonds is 2. The molecule has 0 saturated carbocycles. The number of aromatic nitrogens is 2. The van der Waals surface area contributed by atoms with E-state index in [0.717, 1.165) is 0 Å². The molecule has 0 spiro atoms. The first kappa shape index (κ1) is 14.0. The maximum absolute atomic E-state index is 13.3. The normalized spacial score (nSPS) is 14.8. The second-order valence-electron chi connectivity index (χ2n) is 5.50. The van der Waals surface area contributed by atoms with Crippen LogP contribution >= 0.6 is 0 Å². The van der Waals surface area contributed by atoms with Crippen molar-refractivity contribution < 1.29 is 12.8 Å². The van der Waals surface area contributed by atoms with E-state index in [0.29, 0.717) is 10.9 Å². The van der Waals surface area contributed by atoms with Crippen LogP contribution in [0.3, 0.4) is 0 Å². The number of hydrogen-bond donors (Lipinski definition) is 0. The Kier molecular flexibility index (Phi) is 3.16. The topological polar surface area (TPSA) is 52.0 Å². The minimum Gasteiger partial charge on any atom is -0.232 e. The van der Waals surface area contributed by atoms with Crippen LogP contribution in [-0.2, 0) is 9.84 Å². The molecule has 104 valence electrons. The van der Waals surface area contributed by atoms with E-state index in [9.17, 15) is 12.8 Å². The summed E-state index contributed by atoms with van der Waals surface area (Å²) in [6.45, 7) is 6.34. The third-order valence-corrected chi connectivity index (χ3v) is 5.51. The molecule has 1 unspecified atom stereocenters. The summed E-state index contributed by atoms with van der Waals surface area (Å²) in [5, 5.41) is 4.55. The molecular formula is C13H17FN2O2S. The van der Waals surface area contributed by atoms with E-state index in [4.69, 9.17) is 0 Å². The fraction of sp³-hybridized carbons (Fsp3) is 0.462. The summed E-state index contributed by atoms with van der Waals surface area (Å²) < 4.78 is 38.3. The Labute approximate surface area is 112 Å². The van der Waals surface area contributed by atoms with Gasteiger partial charge in [-0.3, -0.25) is 0 Å². The van der Waals surface area contributed by atoms with Gasteiger partial charge in [-0.25, -0.2) is 17.5 Å². The van der Waals surface area contributed by atoms with Crippen LogP contribution in [0.4, 0.5) is 4.39 Å². The van der Waals surface area contributed by atoms with E-state index in [2.05, 4.69) is 5.10 Å². The highest BCUT2D eigenvalue weighted by molar-refractivity contribution is 7.92. The van der Waals surface area contributed by atoms with Crippen molar-refractivity contribution in [2.45, 2.75) is 43.6 Å². The predicted molar refractivity (Wildman–Crippen MR) is 72.5 cm³/mol. The molecule has 0 aliphatic heterocycles. The van der Waals surface area contributed by atoms with Gasteiger partial charge in [-0.15, -0.1) is 0 Å². The highest BCUT2D eigenvalue weighted by Crippen LogP contribution is 2.28. The molecule has 0 fully saturated rings. The van der Waals surface area contributed by atoms with Gasteiger partial charge in [0.1, 0.15) is 0 Å². The van der Waals surface area contributed by atoms with Crippen molar-refractivity contribution in [3.8, 4) is 0 Å². The molecule has 2 aromatic rings. The van der Waals surface area contributed by atoms with Gasteiger partial charge in [0, 0.05) is 5.39 Å². The summed E-state index contributed by atoms with van der Waals surface area (Å²) >= 11 is 0. The Morgan fingerprint density at radius 2 is 1.95 bits per heavy atom. The summed E-state index contributed by atoms with van der Waals surface area (Å²) in [6.07, 6.45) is 0.232. The minimum atomic E-state index is -3.41. The predicted octanol–water partition coefficient (Wildman–Crippen LogP) is 3.10. The first-order valence-corrected chi connectivity index (χ1v) is 7.49. The van der Waals surface area contributed by atoms with Crippen LogP contribution in [0, 0.1) is 0 Å². The second-order valence-corrected chi connectivity index (χ2v) is 8.20. The largest absolute Gasteiger partial charge is 0.232 e. The van der Waals surface area contributed by atoms with E-state index in [1.54, 1.807) is 32.9 Å². The lowest BCUT2D eigenvalue weighted by atomic mass is 10.2.